The minimum atomic E-state index is -4.38. The molecule has 0 atom stereocenters. The highest BCUT2D eigenvalue weighted by Gasteiger charge is 2.29. The van der Waals surface area contributed by atoms with Crippen LogP contribution >= 0.6 is 0 Å². The van der Waals surface area contributed by atoms with Crippen molar-refractivity contribution >= 4 is 23.1 Å². The van der Waals surface area contributed by atoms with Crippen molar-refractivity contribution in [2.45, 2.75) is 6.18 Å². The van der Waals surface area contributed by atoms with Crippen LogP contribution in [0.5, 0.6) is 5.75 Å². The van der Waals surface area contributed by atoms with E-state index in [1.165, 1.54) is 18.2 Å². The van der Waals surface area contributed by atoms with E-state index in [1.807, 2.05) is 0 Å². The lowest BCUT2D eigenvalue weighted by Gasteiger charge is -2.05. The van der Waals surface area contributed by atoms with Gasteiger partial charge in [-0.25, -0.2) is 4.68 Å². The van der Waals surface area contributed by atoms with E-state index in [1.54, 1.807) is 66.4 Å². The minimum Gasteiger partial charge on any atom is -0.497 e. The molecule has 0 fully saturated rings. The third-order valence-electron chi connectivity index (χ3n) is 4.79. The van der Waals surface area contributed by atoms with Gasteiger partial charge in [0.05, 0.1) is 24.1 Å². The fourth-order valence-electron chi connectivity index (χ4n) is 3.21. The molecule has 156 valence electrons. The molecule has 4 aromatic rings. The number of halogens is 3. The third-order valence-corrected chi connectivity index (χ3v) is 4.79. The first-order chi connectivity index (χ1) is 14.9. The third kappa shape index (κ3) is 4.21. The van der Waals surface area contributed by atoms with Crippen LogP contribution in [0, 0.1) is 0 Å². The van der Waals surface area contributed by atoms with Crippen LogP contribution in [0.3, 0.4) is 0 Å². The summed E-state index contributed by atoms with van der Waals surface area (Å²) in [5.41, 5.74) is 1.30. The van der Waals surface area contributed by atoms with Crippen molar-refractivity contribution in [1.29, 1.82) is 0 Å². The number of rotatable bonds is 4. The number of hydrogen-bond acceptors (Lipinski definition) is 3. The van der Waals surface area contributed by atoms with Gasteiger partial charge in [0.1, 0.15) is 11.3 Å². The second kappa shape index (κ2) is 8.10. The zero-order valence-electron chi connectivity index (χ0n) is 16.4. The molecule has 0 aliphatic heterocycles. The van der Waals surface area contributed by atoms with E-state index < -0.39 is 11.7 Å². The van der Waals surface area contributed by atoms with Crippen molar-refractivity contribution in [2.75, 3.05) is 7.11 Å². The zero-order valence-corrected chi connectivity index (χ0v) is 16.4. The van der Waals surface area contributed by atoms with Crippen LogP contribution in [0.15, 0.2) is 77.6 Å². The molecule has 1 heterocycles. The summed E-state index contributed by atoms with van der Waals surface area (Å²) in [6.07, 6.45) is -1.03. The SMILES string of the molecule is COc1ccc(-n2nc(/C=C\c3ccc(C(F)(F)F)cc3)c3ccccc(=O)c32)cc1. The number of hydrogen-bond donors (Lipinski definition) is 0. The number of alkyl halides is 3. The molecule has 0 N–H and O–H groups in total. The Hall–Kier alpha value is -3.87. The summed E-state index contributed by atoms with van der Waals surface area (Å²) in [4.78, 5) is 12.7. The summed E-state index contributed by atoms with van der Waals surface area (Å²) in [5.74, 6) is 0.676. The number of fused-ring (bicyclic) bond motifs is 1. The molecule has 0 saturated carbocycles. The maximum Gasteiger partial charge on any atom is 0.416 e. The molecule has 1 aromatic heterocycles. The first-order valence-corrected chi connectivity index (χ1v) is 9.39. The Kier molecular flexibility index (Phi) is 5.33. The number of ether oxygens (including phenoxy) is 1. The standard InChI is InChI=1S/C24H17F3N2O2/c1-31-19-13-11-18(12-14-19)29-23-20(4-2-3-5-22(23)30)21(28-29)15-8-16-6-9-17(10-7-16)24(25,26)27/h2-15H,1H3/b15-8-. The smallest absolute Gasteiger partial charge is 0.416 e. The second-order valence-electron chi connectivity index (χ2n) is 6.79. The molecule has 0 amide bonds. The number of aromatic nitrogens is 2. The van der Waals surface area contributed by atoms with Crippen LogP contribution in [0.2, 0.25) is 0 Å². The van der Waals surface area contributed by atoms with Crippen molar-refractivity contribution in [3.63, 3.8) is 0 Å². The maximum absolute atomic E-state index is 12.8. The van der Waals surface area contributed by atoms with Gasteiger partial charge in [0.2, 0.25) is 5.43 Å². The first-order valence-electron chi connectivity index (χ1n) is 9.39. The molecule has 0 spiro atoms. The molecule has 3 aromatic carbocycles. The zero-order chi connectivity index (χ0) is 22.0. The van der Waals surface area contributed by atoms with Crippen LogP contribution in [0.25, 0.3) is 28.7 Å². The normalized spacial score (nSPS) is 11.9. The number of nitrogens with zero attached hydrogens (tertiary/aromatic N) is 2. The largest absolute Gasteiger partial charge is 0.497 e. The Morgan fingerprint density at radius 1 is 0.903 bits per heavy atom. The van der Waals surface area contributed by atoms with Crippen molar-refractivity contribution in [3.8, 4) is 11.4 Å². The molecular weight excluding hydrogens is 405 g/mol. The molecule has 0 bridgehead atoms. The summed E-state index contributed by atoms with van der Waals surface area (Å²) < 4.78 is 45.0. The summed E-state index contributed by atoms with van der Waals surface area (Å²) in [6, 6.07) is 18.6. The van der Waals surface area contributed by atoms with E-state index in [9.17, 15) is 18.0 Å². The number of methoxy groups -OCH3 is 1. The molecule has 7 heteroatoms. The summed E-state index contributed by atoms with van der Waals surface area (Å²) in [5, 5.41) is 5.22. The molecule has 31 heavy (non-hydrogen) atoms. The van der Waals surface area contributed by atoms with E-state index >= 15 is 0 Å². The van der Waals surface area contributed by atoms with Crippen molar-refractivity contribution in [1.82, 2.24) is 9.78 Å². The van der Waals surface area contributed by atoms with E-state index in [2.05, 4.69) is 5.10 Å². The Morgan fingerprint density at radius 3 is 2.23 bits per heavy atom. The maximum atomic E-state index is 12.8. The average molecular weight is 422 g/mol. The predicted octanol–water partition coefficient (Wildman–Crippen LogP) is 5.58. The van der Waals surface area contributed by atoms with Gasteiger partial charge in [0.25, 0.3) is 0 Å². The van der Waals surface area contributed by atoms with Crippen LogP contribution in [-0.4, -0.2) is 16.9 Å². The molecule has 4 rings (SSSR count). The van der Waals surface area contributed by atoms with Gasteiger partial charge in [-0.05, 0) is 54.1 Å². The quantitative estimate of drug-likeness (QED) is 0.431. The molecule has 0 aliphatic carbocycles. The number of benzene rings is 2. The first kappa shape index (κ1) is 20.4. The van der Waals surface area contributed by atoms with E-state index in [4.69, 9.17) is 4.74 Å². The second-order valence-corrected chi connectivity index (χ2v) is 6.79. The minimum absolute atomic E-state index is 0.197. The van der Waals surface area contributed by atoms with E-state index in [0.29, 0.717) is 33.6 Å². The van der Waals surface area contributed by atoms with Crippen molar-refractivity contribution < 1.29 is 17.9 Å². The Bertz CT molecular complexity index is 1310. The van der Waals surface area contributed by atoms with Gasteiger partial charge in [-0.15, -0.1) is 0 Å². The molecule has 0 saturated heterocycles. The monoisotopic (exact) mass is 422 g/mol. The lowest BCUT2D eigenvalue weighted by molar-refractivity contribution is -0.137. The van der Waals surface area contributed by atoms with Crippen LogP contribution in [0.1, 0.15) is 16.8 Å². The van der Waals surface area contributed by atoms with Crippen LogP contribution in [-0.2, 0) is 6.18 Å². The highest BCUT2D eigenvalue weighted by Crippen LogP contribution is 2.29. The van der Waals surface area contributed by atoms with Crippen molar-refractivity contribution in [2.24, 2.45) is 0 Å². The van der Waals surface area contributed by atoms with Gasteiger partial charge in [0.15, 0.2) is 0 Å². The van der Waals surface area contributed by atoms with Gasteiger partial charge >= 0.3 is 6.18 Å². The van der Waals surface area contributed by atoms with Crippen LogP contribution < -0.4 is 10.2 Å². The van der Waals surface area contributed by atoms with Gasteiger partial charge in [0, 0.05) is 5.39 Å². The van der Waals surface area contributed by atoms with E-state index in [0.717, 1.165) is 12.1 Å². The lowest BCUT2D eigenvalue weighted by Crippen LogP contribution is -2.05. The Labute approximate surface area is 175 Å². The van der Waals surface area contributed by atoms with E-state index in [-0.39, 0.29) is 5.43 Å². The highest BCUT2D eigenvalue weighted by atomic mass is 19.4. The summed E-state index contributed by atoms with van der Waals surface area (Å²) in [6.45, 7) is 0. The lowest BCUT2D eigenvalue weighted by atomic mass is 10.1. The topological polar surface area (TPSA) is 44.1 Å². The van der Waals surface area contributed by atoms with Crippen LogP contribution in [0.4, 0.5) is 13.2 Å². The average Bonchev–Trinajstić information content (AvgIpc) is 3.02. The van der Waals surface area contributed by atoms with Gasteiger partial charge in [-0.2, -0.15) is 18.3 Å². The fourth-order valence-corrected chi connectivity index (χ4v) is 3.21. The Balaban J connectivity index is 1.79. The molecule has 4 nitrogen and oxygen atoms in total. The fraction of sp³-hybridized carbons (Fsp3) is 0.0833. The molecule has 0 aliphatic rings. The summed E-state index contributed by atoms with van der Waals surface area (Å²) >= 11 is 0. The highest BCUT2D eigenvalue weighted by molar-refractivity contribution is 5.90. The van der Waals surface area contributed by atoms with Crippen molar-refractivity contribution in [3.05, 3.63) is 99.8 Å². The molecule has 0 unspecified atom stereocenters. The predicted molar refractivity (Wildman–Crippen MR) is 114 cm³/mol. The van der Waals surface area contributed by atoms with Gasteiger partial charge in [-0.3, -0.25) is 4.79 Å². The molecule has 0 radical (unpaired) electrons. The Morgan fingerprint density at radius 2 is 1.58 bits per heavy atom. The van der Waals surface area contributed by atoms with Gasteiger partial charge < -0.3 is 4.74 Å². The molecular formula is C24H17F3N2O2. The van der Waals surface area contributed by atoms with Gasteiger partial charge in [-0.1, -0.05) is 36.4 Å². The summed E-state index contributed by atoms with van der Waals surface area (Å²) in [7, 11) is 1.57.